The molecule has 2 rings (SSSR count). The number of nitrogens with zero attached hydrogens (tertiary/aromatic N) is 2. The third-order valence-electron chi connectivity index (χ3n) is 4.80. The zero-order valence-corrected chi connectivity index (χ0v) is 17.3. The van der Waals surface area contributed by atoms with Crippen LogP contribution in [-0.2, 0) is 11.3 Å². The van der Waals surface area contributed by atoms with Crippen LogP contribution in [0.15, 0.2) is 29.3 Å². The Bertz CT molecular complexity index is 647. The lowest BCUT2D eigenvalue weighted by molar-refractivity contribution is -0.153. The molecule has 2 N–H and O–H groups in total. The van der Waals surface area contributed by atoms with Gasteiger partial charge in [-0.25, -0.2) is 0 Å². The van der Waals surface area contributed by atoms with Gasteiger partial charge in [0, 0.05) is 44.8 Å². The van der Waals surface area contributed by atoms with Crippen molar-refractivity contribution >= 4 is 5.96 Å². The molecule has 0 spiro atoms. The molecule has 1 aliphatic heterocycles. The number of para-hydroxylation sites is 1. The monoisotopic (exact) mass is 416 g/mol. The average molecular weight is 416 g/mol. The van der Waals surface area contributed by atoms with Crippen molar-refractivity contribution in [3.63, 3.8) is 0 Å². The molecule has 0 radical (unpaired) electrons. The first-order chi connectivity index (χ1) is 13.8. The summed E-state index contributed by atoms with van der Waals surface area (Å²) in [5, 5.41) is 6.48. The molecule has 0 saturated carbocycles. The van der Waals surface area contributed by atoms with E-state index in [1.807, 2.05) is 0 Å². The predicted octanol–water partition coefficient (Wildman–Crippen LogP) is 2.65. The van der Waals surface area contributed by atoms with Gasteiger partial charge in [-0.05, 0) is 12.0 Å². The molecule has 1 fully saturated rings. The number of morpholine rings is 1. The van der Waals surface area contributed by atoms with Crippen LogP contribution in [0.1, 0.15) is 19.4 Å². The predicted molar refractivity (Wildman–Crippen MR) is 107 cm³/mol. The summed E-state index contributed by atoms with van der Waals surface area (Å²) in [5.74, 6) is 1.26. The summed E-state index contributed by atoms with van der Waals surface area (Å²) >= 11 is 0. The van der Waals surface area contributed by atoms with Crippen molar-refractivity contribution in [1.29, 1.82) is 0 Å². The van der Waals surface area contributed by atoms with Crippen LogP contribution in [0.3, 0.4) is 0 Å². The van der Waals surface area contributed by atoms with Gasteiger partial charge in [-0.3, -0.25) is 9.89 Å². The van der Waals surface area contributed by atoms with Gasteiger partial charge in [0.15, 0.2) is 12.6 Å². The molecule has 0 amide bonds. The quantitative estimate of drug-likeness (QED) is 0.504. The molecule has 164 valence electrons. The second-order valence-corrected chi connectivity index (χ2v) is 7.28. The first kappa shape index (κ1) is 23.3. The van der Waals surface area contributed by atoms with Crippen molar-refractivity contribution in [1.82, 2.24) is 15.5 Å². The lowest BCUT2D eigenvalue weighted by Crippen LogP contribution is -2.52. The van der Waals surface area contributed by atoms with Gasteiger partial charge in [0.05, 0.1) is 13.2 Å². The minimum atomic E-state index is -4.37. The van der Waals surface area contributed by atoms with Crippen molar-refractivity contribution in [3.05, 3.63) is 29.8 Å². The van der Waals surface area contributed by atoms with E-state index in [1.54, 1.807) is 25.2 Å². The van der Waals surface area contributed by atoms with E-state index in [4.69, 9.17) is 9.47 Å². The Morgan fingerprint density at radius 2 is 1.90 bits per heavy atom. The molecular weight excluding hydrogens is 385 g/mol. The number of rotatable bonds is 8. The Morgan fingerprint density at radius 3 is 2.52 bits per heavy atom. The van der Waals surface area contributed by atoms with E-state index in [1.165, 1.54) is 6.07 Å². The first-order valence-electron chi connectivity index (χ1n) is 9.84. The fourth-order valence-electron chi connectivity index (χ4n) is 3.25. The van der Waals surface area contributed by atoms with Crippen LogP contribution >= 0.6 is 0 Å². The standard InChI is InChI=1S/C20H31F3N4O2/c1-15(2)17(27-8-10-28-11-9-27)13-26-19(24-3)25-12-16-6-4-5-7-18(16)29-14-20(21,22)23/h4-7,15,17H,8-14H2,1-3H3,(H2,24,25,26). The summed E-state index contributed by atoms with van der Waals surface area (Å²) in [6, 6.07) is 7.02. The molecule has 29 heavy (non-hydrogen) atoms. The molecular formula is C20H31F3N4O2. The Kier molecular flexibility index (Phi) is 9.03. The summed E-state index contributed by atoms with van der Waals surface area (Å²) < 4.78 is 47.7. The van der Waals surface area contributed by atoms with E-state index in [9.17, 15) is 13.2 Å². The second-order valence-electron chi connectivity index (χ2n) is 7.28. The number of hydrogen-bond donors (Lipinski definition) is 2. The van der Waals surface area contributed by atoms with Crippen LogP contribution in [0.2, 0.25) is 0 Å². The van der Waals surface area contributed by atoms with E-state index < -0.39 is 12.8 Å². The van der Waals surface area contributed by atoms with Crippen molar-refractivity contribution in [2.24, 2.45) is 10.9 Å². The third kappa shape index (κ3) is 8.10. The SMILES string of the molecule is CN=C(NCc1ccccc1OCC(F)(F)F)NCC(C(C)C)N1CCOCC1. The molecule has 1 atom stereocenters. The summed E-state index contributed by atoms with van der Waals surface area (Å²) in [6.07, 6.45) is -4.37. The van der Waals surface area contributed by atoms with Crippen LogP contribution in [0.25, 0.3) is 0 Å². The van der Waals surface area contributed by atoms with Crippen molar-refractivity contribution < 1.29 is 22.6 Å². The maximum atomic E-state index is 12.5. The number of benzene rings is 1. The van der Waals surface area contributed by atoms with Crippen molar-refractivity contribution in [3.8, 4) is 5.75 Å². The highest BCUT2D eigenvalue weighted by molar-refractivity contribution is 5.79. The Balaban J connectivity index is 1.90. The Hall–Kier alpha value is -2.00. The first-order valence-corrected chi connectivity index (χ1v) is 9.84. The van der Waals surface area contributed by atoms with Gasteiger partial charge in [0.2, 0.25) is 0 Å². The third-order valence-corrected chi connectivity index (χ3v) is 4.80. The lowest BCUT2D eigenvalue weighted by Gasteiger charge is -2.37. The maximum Gasteiger partial charge on any atom is 0.422 e. The summed E-state index contributed by atoms with van der Waals surface area (Å²) in [4.78, 5) is 6.64. The molecule has 1 unspecified atom stereocenters. The average Bonchev–Trinajstić information content (AvgIpc) is 2.69. The normalized spacial score (nSPS) is 17.3. The summed E-state index contributed by atoms with van der Waals surface area (Å²) in [6.45, 7) is 7.36. The van der Waals surface area contributed by atoms with E-state index in [-0.39, 0.29) is 5.75 Å². The zero-order chi connectivity index (χ0) is 21.3. The topological polar surface area (TPSA) is 58.1 Å². The van der Waals surface area contributed by atoms with Crippen LogP contribution < -0.4 is 15.4 Å². The number of nitrogens with one attached hydrogen (secondary N) is 2. The second kappa shape index (κ2) is 11.3. The number of aliphatic imine (C=N–C) groups is 1. The summed E-state index contributed by atoms with van der Waals surface area (Å²) in [5.41, 5.74) is 0.633. The van der Waals surface area contributed by atoms with Crippen molar-refractivity contribution in [2.75, 3.05) is 46.5 Å². The van der Waals surface area contributed by atoms with Gasteiger partial charge in [-0.1, -0.05) is 32.0 Å². The molecule has 1 heterocycles. The fourth-order valence-corrected chi connectivity index (χ4v) is 3.25. The van der Waals surface area contributed by atoms with Gasteiger partial charge in [0.25, 0.3) is 0 Å². The molecule has 6 nitrogen and oxygen atoms in total. The molecule has 1 saturated heterocycles. The smallest absolute Gasteiger partial charge is 0.422 e. The van der Waals surface area contributed by atoms with Crippen molar-refractivity contribution in [2.45, 2.75) is 32.6 Å². The fraction of sp³-hybridized carbons (Fsp3) is 0.650. The largest absolute Gasteiger partial charge is 0.484 e. The highest BCUT2D eigenvalue weighted by atomic mass is 19.4. The molecule has 0 aromatic heterocycles. The number of alkyl halides is 3. The zero-order valence-electron chi connectivity index (χ0n) is 17.3. The van der Waals surface area contributed by atoms with Crippen LogP contribution in [0.4, 0.5) is 13.2 Å². The van der Waals surface area contributed by atoms with Gasteiger partial charge in [0.1, 0.15) is 5.75 Å². The number of guanidine groups is 1. The molecule has 1 aromatic rings. The number of ether oxygens (including phenoxy) is 2. The Labute approximate surface area is 170 Å². The van der Waals surface area contributed by atoms with E-state index in [0.717, 1.165) is 26.3 Å². The van der Waals surface area contributed by atoms with Gasteiger partial charge >= 0.3 is 6.18 Å². The minimum Gasteiger partial charge on any atom is -0.484 e. The van der Waals surface area contributed by atoms with Gasteiger partial charge < -0.3 is 20.1 Å². The van der Waals surface area contributed by atoms with Gasteiger partial charge in [-0.15, -0.1) is 0 Å². The van der Waals surface area contributed by atoms with Crippen LogP contribution in [-0.4, -0.2) is 69.6 Å². The molecule has 1 aliphatic rings. The number of hydrogen-bond acceptors (Lipinski definition) is 4. The van der Waals surface area contributed by atoms with E-state index >= 15 is 0 Å². The van der Waals surface area contributed by atoms with Crippen LogP contribution in [0.5, 0.6) is 5.75 Å². The van der Waals surface area contributed by atoms with E-state index in [2.05, 4.69) is 34.4 Å². The maximum absolute atomic E-state index is 12.5. The lowest BCUT2D eigenvalue weighted by atomic mass is 10.0. The van der Waals surface area contributed by atoms with Crippen LogP contribution in [0, 0.1) is 5.92 Å². The van der Waals surface area contributed by atoms with E-state index in [0.29, 0.717) is 36.6 Å². The molecule has 0 bridgehead atoms. The Morgan fingerprint density at radius 1 is 1.21 bits per heavy atom. The highest BCUT2D eigenvalue weighted by Crippen LogP contribution is 2.22. The highest BCUT2D eigenvalue weighted by Gasteiger charge is 2.29. The summed E-state index contributed by atoms with van der Waals surface area (Å²) in [7, 11) is 1.67. The number of halogens is 3. The van der Waals surface area contributed by atoms with Gasteiger partial charge in [-0.2, -0.15) is 13.2 Å². The molecule has 9 heteroatoms. The molecule has 0 aliphatic carbocycles. The molecule has 1 aromatic carbocycles. The minimum absolute atomic E-state index is 0.209.